The molecule has 0 N–H and O–H groups in total. The number of amides is 1. The zero-order valence-electron chi connectivity index (χ0n) is 10.1. The predicted molar refractivity (Wildman–Crippen MR) is 65.5 cm³/mol. The van der Waals surface area contributed by atoms with Gasteiger partial charge in [-0.15, -0.1) is 0 Å². The highest BCUT2D eigenvalue weighted by Crippen LogP contribution is 2.21. The molecule has 1 heterocycles. The Kier molecular flexibility index (Phi) is 5.22. The van der Waals surface area contributed by atoms with Gasteiger partial charge in [-0.05, 0) is 20.3 Å². The molecule has 100 valence electrons. The van der Waals surface area contributed by atoms with Crippen LogP contribution in [0.15, 0.2) is 0 Å². The van der Waals surface area contributed by atoms with Gasteiger partial charge in [0.25, 0.3) is 0 Å². The van der Waals surface area contributed by atoms with E-state index < -0.39 is 14.3 Å². The molecule has 0 aromatic rings. The summed E-state index contributed by atoms with van der Waals surface area (Å²) in [5, 5.41) is -0.761. The van der Waals surface area contributed by atoms with Crippen molar-refractivity contribution in [3.63, 3.8) is 0 Å². The van der Waals surface area contributed by atoms with Gasteiger partial charge in [0.1, 0.15) is 5.25 Å². The van der Waals surface area contributed by atoms with E-state index in [0.717, 1.165) is 0 Å². The topological polar surface area (TPSA) is 63.7 Å². The summed E-state index contributed by atoms with van der Waals surface area (Å²) >= 11 is 0. The number of ether oxygens (including phenoxy) is 1. The Labute approximate surface area is 106 Å². The summed E-state index contributed by atoms with van der Waals surface area (Å²) in [6.07, 6.45) is 0.871. The van der Waals surface area contributed by atoms with Gasteiger partial charge in [-0.2, -0.15) is 0 Å². The molecular formula is C10H18ClNO4S. The maximum absolute atomic E-state index is 11.5. The fraction of sp³-hybridized carbons (Fsp3) is 0.900. The smallest absolute Gasteiger partial charge is 0.237 e. The second-order valence-electron chi connectivity index (χ2n) is 4.41. The lowest BCUT2D eigenvalue weighted by molar-refractivity contribution is -0.127. The Balaban J connectivity index is 2.34. The Morgan fingerprint density at radius 2 is 2.18 bits per heavy atom. The zero-order valence-corrected chi connectivity index (χ0v) is 11.6. The Hall–Kier alpha value is -0.330. The van der Waals surface area contributed by atoms with E-state index in [1.165, 1.54) is 4.90 Å². The van der Waals surface area contributed by atoms with Crippen LogP contribution in [-0.2, 0) is 18.6 Å². The Morgan fingerprint density at radius 3 is 2.65 bits per heavy atom. The van der Waals surface area contributed by atoms with E-state index in [0.29, 0.717) is 19.6 Å². The van der Waals surface area contributed by atoms with Crippen LogP contribution in [0, 0.1) is 0 Å². The Bertz CT molecular complexity index is 369. The number of hydrogen-bond donors (Lipinski definition) is 0. The highest BCUT2D eigenvalue weighted by atomic mass is 35.7. The maximum Gasteiger partial charge on any atom is 0.237 e. The minimum atomic E-state index is -3.63. The first kappa shape index (κ1) is 14.7. The number of carbonyl (C=O) groups excluding carboxylic acids is 1. The minimum Gasteiger partial charge on any atom is -0.379 e. The molecular weight excluding hydrogens is 266 g/mol. The molecule has 1 saturated heterocycles. The SMILES string of the molecule is CC(C)OCCCN1CC(S(=O)(=O)Cl)CC1=O. The standard InChI is InChI=1S/C10H18ClNO4S/c1-8(2)16-5-3-4-12-7-9(6-10(12)13)17(11,14)15/h8-9H,3-7H2,1-2H3. The molecule has 0 bridgehead atoms. The average molecular weight is 284 g/mol. The normalized spacial score (nSPS) is 21.5. The van der Waals surface area contributed by atoms with Crippen LogP contribution in [0.25, 0.3) is 0 Å². The fourth-order valence-electron chi connectivity index (χ4n) is 1.72. The molecule has 1 rings (SSSR count). The fourth-order valence-corrected chi connectivity index (χ4v) is 2.77. The molecule has 0 aromatic carbocycles. The molecule has 1 unspecified atom stereocenters. The van der Waals surface area contributed by atoms with Gasteiger partial charge in [-0.1, -0.05) is 0 Å². The van der Waals surface area contributed by atoms with Crippen molar-refractivity contribution in [1.29, 1.82) is 0 Å². The van der Waals surface area contributed by atoms with Crippen LogP contribution in [0.4, 0.5) is 0 Å². The summed E-state index contributed by atoms with van der Waals surface area (Å²) in [6.45, 7) is 5.18. The van der Waals surface area contributed by atoms with Crippen molar-refractivity contribution in [2.24, 2.45) is 0 Å². The number of nitrogens with zero attached hydrogens (tertiary/aromatic N) is 1. The van der Waals surface area contributed by atoms with E-state index in [1.54, 1.807) is 0 Å². The molecule has 1 aliphatic rings. The van der Waals surface area contributed by atoms with Gasteiger partial charge >= 0.3 is 0 Å². The van der Waals surface area contributed by atoms with Crippen molar-refractivity contribution >= 4 is 25.6 Å². The summed E-state index contributed by atoms with van der Waals surface area (Å²) in [5.74, 6) is -0.149. The second kappa shape index (κ2) is 6.02. The average Bonchev–Trinajstić information content (AvgIpc) is 2.54. The maximum atomic E-state index is 11.5. The first-order chi connectivity index (χ1) is 7.80. The van der Waals surface area contributed by atoms with Crippen molar-refractivity contribution in [3.05, 3.63) is 0 Å². The molecule has 1 amide bonds. The van der Waals surface area contributed by atoms with Crippen LogP contribution in [0.5, 0.6) is 0 Å². The monoisotopic (exact) mass is 283 g/mol. The van der Waals surface area contributed by atoms with Gasteiger partial charge in [-0.3, -0.25) is 4.79 Å². The van der Waals surface area contributed by atoms with Crippen molar-refractivity contribution < 1.29 is 17.9 Å². The molecule has 5 nitrogen and oxygen atoms in total. The number of carbonyl (C=O) groups is 1. The molecule has 17 heavy (non-hydrogen) atoms. The van der Waals surface area contributed by atoms with E-state index in [9.17, 15) is 13.2 Å². The second-order valence-corrected chi connectivity index (χ2v) is 7.32. The van der Waals surface area contributed by atoms with Gasteiger partial charge in [0.15, 0.2) is 0 Å². The van der Waals surface area contributed by atoms with Crippen LogP contribution in [-0.4, -0.2) is 50.3 Å². The minimum absolute atomic E-state index is 0.00310. The lowest BCUT2D eigenvalue weighted by atomic mass is 10.4. The van der Waals surface area contributed by atoms with Gasteiger partial charge in [-0.25, -0.2) is 8.42 Å². The van der Waals surface area contributed by atoms with Crippen molar-refractivity contribution in [2.45, 2.75) is 38.0 Å². The van der Waals surface area contributed by atoms with Crippen molar-refractivity contribution in [2.75, 3.05) is 19.7 Å². The third-order valence-corrected chi connectivity index (χ3v) is 4.47. The Morgan fingerprint density at radius 1 is 1.53 bits per heavy atom. The first-order valence-electron chi connectivity index (χ1n) is 5.63. The van der Waals surface area contributed by atoms with Crippen LogP contribution in [0.2, 0.25) is 0 Å². The summed E-state index contributed by atoms with van der Waals surface area (Å²) in [4.78, 5) is 13.1. The highest BCUT2D eigenvalue weighted by molar-refractivity contribution is 8.14. The third-order valence-electron chi connectivity index (χ3n) is 2.60. The van der Waals surface area contributed by atoms with Crippen LogP contribution >= 0.6 is 10.7 Å². The van der Waals surface area contributed by atoms with E-state index >= 15 is 0 Å². The highest BCUT2D eigenvalue weighted by Gasteiger charge is 2.36. The summed E-state index contributed by atoms with van der Waals surface area (Å²) in [6, 6.07) is 0. The zero-order chi connectivity index (χ0) is 13.1. The molecule has 7 heteroatoms. The van der Waals surface area contributed by atoms with Crippen LogP contribution < -0.4 is 0 Å². The number of likely N-dealkylation sites (tertiary alicyclic amines) is 1. The first-order valence-corrected chi connectivity index (χ1v) is 8.01. The number of hydrogen-bond acceptors (Lipinski definition) is 4. The summed E-state index contributed by atoms with van der Waals surface area (Å²) < 4.78 is 27.6. The molecule has 1 fully saturated rings. The lowest BCUT2D eigenvalue weighted by Gasteiger charge is -2.16. The van der Waals surface area contributed by atoms with Gasteiger partial charge < -0.3 is 9.64 Å². The molecule has 0 radical (unpaired) electrons. The van der Waals surface area contributed by atoms with Gasteiger partial charge in [0.05, 0.1) is 6.10 Å². The molecule has 1 atom stereocenters. The molecule has 0 spiro atoms. The van der Waals surface area contributed by atoms with Crippen molar-refractivity contribution in [3.8, 4) is 0 Å². The number of halogens is 1. The molecule has 1 aliphatic heterocycles. The van der Waals surface area contributed by atoms with Gasteiger partial charge in [0.2, 0.25) is 15.0 Å². The van der Waals surface area contributed by atoms with Gasteiger partial charge in [0, 0.05) is 36.8 Å². The summed E-state index contributed by atoms with van der Waals surface area (Å²) in [7, 11) is 1.61. The number of rotatable bonds is 6. The predicted octanol–water partition coefficient (Wildman–Crippen LogP) is 0.971. The van der Waals surface area contributed by atoms with E-state index in [4.69, 9.17) is 15.4 Å². The summed E-state index contributed by atoms with van der Waals surface area (Å²) in [5.41, 5.74) is 0. The third kappa shape index (κ3) is 4.81. The largest absolute Gasteiger partial charge is 0.379 e. The van der Waals surface area contributed by atoms with E-state index in [-0.39, 0.29) is 25.0 Å². The van der Waals surface area contributed by atoms with Crippen LogP contribution in [0.3, 0.4) is 0 Å². The molecule has 0 aromatic heterocycles. The van der Waals surface area contributed by atoms with E-state index in [1.807, 2.05) is 13.8 Å². The molecule has 0 saturated carbocycles. The lowest BCUT2D eigenvalue weighted by Crippen LogP contribution is -2.29. The van der Waals surface area contributed by atoms with Crippen LogP contribution in [0.1, 0.15) is 26.7 Å². The quantitative estimate of drug-likeness (QED) is 0.538. The van der Waals surface area contributed by atoms with Crippen molar-refractivity contribution in [1.82, 2.24) is 4.90 Å². The molecule has 0 aliphatic carbocycles. The van der Waals surface area contributed by atoms with E-state index in [2.05, 4.69) is 0 Å².